The molecule has 1 rings (SSSR count). The van der Waals surface area contributed by atoms with E-state index in [9.17, 15) is 4.79 Å². The third-order valence-electron chi connectivity index (χ3n) is 2.44. The Morgan fingerprint density at radius 2 is 2.00 bits per heavy atom. The molecule has 0 saturated heterocycles. The molecule has 4 nitrogen and oxygen atoms in total. The maximum atomic E-state index is 11.7. The number of amides is 1. The number of nitrogens with one attached hydrogen (secondary N) is 2. The number of carbonyl (C=O) groups excluding carboxylic acids is 1. The second-order valence-corrected chi connectivity index (χ2v) is 4.06. The first-order chi connectivity index (χ1) is 8.15. The van der Waals surface area contributed by atoms with Crippen LogP contribution in [0.5, 0.6) is 0 Å². The molecular formula is C13H21N3O. The van der Waals surface area contributed by atoms with E-state index in [1.54, 1.807) is 0 Å². The molecule has 94 valence electrons. The summed E-state index contributed by atoms with van der Waals surface area (Å²) in [6, 6.07) is 7.79. The van der Waals surface area contributed by atoms with E-state index >= 15 is 0 Å². The van der Waals surface area contributed by atoms with Crippen molar-refractivity contribution < 1.29 is 4.79 Å². The minimum atomic E-state index is 0.0419. The van der Waals surface area contributed by atoms with E-state index < -0.39 is 0 Å². The van der Waals surface area contributed by atoms with Gasteiger partial charge in [0.2, 0.25) is 5.91 Å². The monoisotopic (exact) mass is 235 g/mol. The Bertz CT molecular complexity index is 363. The molecule has 0 heterocycles. The molecule has 0 aliphatic heterocycles. The molecule has 0 fully saturated rings. The van der Waals surface area contributed by atoms with Gasteiger partial charge in [-0.15, -0.1) is 0 Å². The van der Waals surface area contributed by atoms with Gasteiger partial charge in [-0.25, -0.2) is 0 Å². The first kappa shape index (κ1) is 13.5. The molecule has 0 saturated carbocycles. The predicted octanol–water partition coefficient (Wildman–Crippen LogP) is 1.69. The van der Waals surface area contributed by atoms with Crippen LogP contribution in [0.3, 0.4) is 0 Å². The number of hydrogen-bond donors (Lipinski definition) is 2. The van der Waals surface area contributed by atoms with Gasteiger partial charge in [0.1, 0.15) is 0 Å². The van der Waals surface area contributed by atoms with Gasteiger partial charge in [-0.05, 0) is 18.7 Å². The van der Waals surface area contributed by atoms with Gasteiger partial charge in [0, 0.05) is 27.1 Å². The van der Waals surface area contributed by atoms with Gasteiger partial charge in [0.15, 0.2) is 0 Å². The summed E-state index contributed by atoms with van der Waals surface area (Å²) in [5.41, 5.74) is 1.88. The molecule has 0 unspecified atom stereocenters. The van der Waals surface area contributed by atoms with E-state index in [1.807, 2.05) is 50.2 Å². The number of benzene rings is 1. The zero-order valence-corrected chi connectivity index (χ0v) is 10.8. The molecule has 0 atom stereocenters. The average molecular weight is 235 g/mol. The van der Waals surface area contributed by atoms with Crippen molar-refractivity contribution >= 4 is 17.3 Å². The van der Waals surface area contributed by atoms with Crippen LogP contribution >= 0.6 is 0 Å². The Balaban J connectivity index is 2.58. The number of nitrogens with zero attached hydrogens (tertiary/aromatic N) is 1. The number of rotatable bonds is 6. The minimum Gasteiger partial charge on any atom is -0.376 e. The first-order valence-corrected chi connectivity index (χ1v) is 5.92. The topological polar surface area (TPSA) is 44.4 Å². The molecule has 0 bridgehead atoms. The summed E-state index contributed by atoms with van der Waals surface area (Å²) in [7, 11) is 3.92. The number of para-hydroxylation sites is 2. The fraction of sp³-hybridized carbons (Fsp3) is 0.462. The average Bonchev–Trinajstić information content (AvgIpc) is 2.29. The molecule has 1 aromatic carbocycles. The quantitative estimate of drug-likeness (QED) is 0.738. The highest BCUT2D eigenvalue weighted by atomic mass is 16.1. The highest BCUT2D eigenvalue weighted by molar-refractivity contribution is 5.94. The fourth-order valence-corrected chi connectivity index (χ4v) is 1.56. The Labute approximate surface area is 103 Å². The minimum absolute atomic E-state index is 0.0419. The van der Waals surface area contributed by atoms with Crippen LogP contribution in [0.1, 0.15) is 13.3 Å². The van der Waals surface area contributed by atoms with Crippen LogP contribution in [0, 0.1) is 0 Å². The van der Waals surface area contributed by atoms with Gasteiger partial charge in [0.05, 0.1) is 11.4 Å². The van der Waals surface area contributed by atoms with Crippen LogP contribution in [-0.4, -0.2) is 33.1 Å². The molecule has 0 aliphatic rings. The third kappa shape index (κ3) is 4.44. The van der Waals surface area contributed by atoms with Gasteiger partial charge in [-0.2, -0.15) is 0 Å². The molecule has 1 aromatic rings. The van der Waals surface area contributed by atoms with Crippen molar-refractivity contribution in [3.05, 3.63) is 24.3 Å². The summed E-state index contributed by atoms with van der Waals surface area (Å²) >= 11 is 0. The van der Waals surface area contributed by atoms with Gasteiger partial charge in [-0.1, -0.05) is 19.1 Å². The van der Waals surface area contributed by atoms with Crippen LogP contribution in [0.25, 0.3) is 0 Å². The second kappa shape index (κ2) is 6.91. The van der Waals surface area contributed by atoms with Gasteiger partial charge in [-0.3, -0.25) is 4.79 Å². The molecule has 1 amide bonds. The van der Waals surface area contributed by atoms with Crippen molar-refractivity contribution in [2.75, 3.05) is 37.4 Å². The van der Waals surface area contributed by atoms with Crippen molar-refractivity contribution in [2.45, 2.75) is 13.3 Å². The normalized spacial score (nSPS) is 10.1. The summed E-state index contributed by atoms with van der Waals surface area (Å²) in [5, 5.41) is 6.06. The van der Waals surface area contributed by atoms with Gasteiger partial charge in [0.25, 0.3) is 0 Å². The van der Waals surface area contributed by atoms with Crippen LogP contribution in [0.4, 0.5) is 11.4 Å². The van der Waals surface area contributed by atoms with Gasteiger partial charge < -0.3 is 15.5 Å². The maximum absolute atomic E-state index is 11.7. The lowest BCUT2D eigenvalue weighted by atomic mass is 10.2. The summed E-state index contributed by atoms with van der Waals surface area (Å²) in [5.74, 6) is 0.0419. The summed E-state index contributed by atoms with van der Waals surface area (Å²) in [6.07, 6.45) is 0.496. The smallest absolute Gasteiger partial charge is 0.225 e. The predicted molar refractivity (Wildman–Crippen MR) is 72.6 cm³/mol. The molecule has 0 spiro atoms. The number of hydrogen-bond acceptors (Lipinski definition) is 3. The summed E-state index contributed by atoms with van der Waals surface area (Å²) in [4.78, 5) is 13.7. The van der Waals surface area contributed by atoms with Gasteiger partial charge >= 0.3 is 0 Å². The molecule has 4 heteroatoms. The van der Waals surface area contributed by atoms with Crippen LogP contribution in [0.15, 0.2) is 24.3 Å². The standard InChI is InChI=1S/C13H21N3O/c1-4-14-10-9-13(17)15-11-7-5-6-8-12(11)16(2)3/h5-8,14H,4,9-10H2,1-3H3,(H,15,17). The fourth-order valence-electron chi connectivity index (χ4n) is 1.56. The third-order valence-corrected chi connectivity index (χ3v) is 2.44. The molecule has 0 aliphatic carbocycles. The highest BCUT2D eigenvalue weighted by Gasteiger charge is 2.06. The summed E-state index contributed by atoms with van der Waals surface area (Å²) in [6.45, 7) is 3.63. The van der Waals surface area contributed by atoms with E-state index in [0.29, 0.717) is 13.0 Å². The molecular weight excluding hydrogens is 214 g/mol. The van der Waals surface area contributed by atoms with E-state index in [2.05, 4.69) is 10.6 Å². The maximum Gasteiger partial charge on any atom is 0.225 e. The van der Waals surface area contributed by atoms with Crippen molar-refractivity contribution in [1.29, 1.82) is 0 Å². The Hall–Kier alpha value is -1.55. The summed E-state index contributed by atoms with van der Waals surface area (Å²) < 4.78 is 0. The van der Waals surface area contributed by atoms with E-state index in [1.165, 1.54) is 0 Å². The lowest BCUT2D eigenvalue weighted by molar-refractivity contribution is -0.116. The Kier molecular flexibility index (Phi) is 5.49. The molecule has 0 aromatic heterocycles. The zero-order chi connectivity index (χ0) is 12.7. The molecule has 0 radical (unpaired) electrons. The van der Waals surface area contributed by atoms with E-state index in [4.69, 9.17) is 0 Å². The van der Waals surface area contributed by atoms with Crippen molar-refractivity contribution in [1.82, 2.24) is 5.32 Å². The van der Waals surface area contributed by atoms with Crippen LogP contribution in [0.2, 0.25) is 0 Å². The van der Waals surface area contributed by atoms with E-state index in [0.717, 1.165) is 17.9 Å². The first-order valence-electron chi connectivity index (χ1n) is 5.92. The van der Waals surface area contributed by atoms with E-state index in [-0.39, 0.29) is 5.91 Å². The van der Waals surface area contributed by atoms with Crippen molar-refractivity contribution in [3.8, 4) is 0 Å². The second-order valence-electron chi connectivity index (χ2n) is 4.06. The Morgan fingerprint density at radius 1 is 1.29 bits per heavy atom. The largest absolute Gasteiger partial charge is 0.376 e. The van der Waals surface area contributed by atoms with Crippen LogP contribution in [-0.2, 0) is 4.79 Å². The zero-order valence-electron chi connectivity index (χ0n) is 10.8. The SMILES string of the molecule is CCNCCC(=O)Nc1ccccc1N(C)C. The molecule has 2 N–H and O–H groups in total. The highest BCUT2D eigenvalue weighted by Crippen LogP contribution is 2.23. The lowest BCUT2D eigenvalue weighted by Crippen LogP contribution is -2.22. The lowest BCUT2D eigenvalue weighted by Gasteiger charge is -2.17. The van der Waals surface area contributed by atoms with Crippen LogP contribution < -0.4 is 15.5 Å². The number of anilines is 2. The molecule has 17 heavy (non-hydrogen) atoms. The van der Waals surface area contributed by atoms with Crippen molar-refractivity contribution in [2.24, 2.45) is 0 Å². The Morgan fingerprint density at radius 3 is 2.65 bits per heavy atom. The number of carbonyl (C=O) groups is 1. The van der Waals surface area contributed by atoms with Crippen molar-refractivity contribution in [3.63, 3.8) is 0 Å².